The average Bonchev–Trinajstić information content (AvgIpc) is 3.29. The Morgan fingerprint density at radius 3 is 1.81 bits per heavy atom. The maximum absolute atomic E-state index is 10.9. The first kappa shape index (κ1) is 34.7. The highest BCUT2D eigenvalue weighted by molar-refractivity contribution is 7.18. The Bertz CT molecular complexity index is 1240. The number of amides is 1. The zero-order valence-corrected chi connectivity index (χ0v) is 26.5. The first-order chi connectivity index (χ1) is 20.3. The number of carbonyl (C=O) groups excluding carboxylic acids is 1. The number of fused-ring (bicyclic) bond motifs is 1. The molecule has 0 aliphatic carbocycles. The summed E-state index contributed by atoms with van der Waals surface area (Å²) in [6.07, 6.45) is 8.52. The van der Waals surface area contributed by atoms with E-state index in [4.69, 9.17) is 5.11 Å². The van der Waals surface area contributed by atoms with Crippen LogP contribution in [0.25, 0.3) is 10.2 Å². The molecule has 1 aromatic heterocycles. The Morgan fingerprint density at radius 2 is 1.29 bits per heavy atom. The van der Waals surface area contributed by atoms with Crippen LogP contribution in [0, 0.1) is 13.8 Å². The molecule has 3 aromatic carbocycles. The maximum Gasteiger partial charge on any atom is 0.335 e. The Labute approximate surface area is 256 Å². The normalized spacial score (nSPS) is 14.8. The summed E-state index contributed by atoms with van der Waals surface area (Å²) in [7, 11) is 4.08. The van der Waals surface area contributed by atoms with Crippen LogP contribution in [0.3, 0.4) is 0 Å². The highest BCUT2D eigenvalue weighted by atomic mass is 32.1. The lowest BCUT2D eigenvalue weighted by atomic mass is 10.1. The van der Waals surface area contributed by atoms with Crippen LogP contribution in [0.15, 0.2) is 84.9 Å². The number of carbonyl (C=O) groups is 2. The van der Waals surface area contributed by atoms with E-state index in [9.17, 15) is 9.59 Å². The lowest BCUT2D eigenvalue weighted by Gasteiger charge is -2.20. The Kier molecular flexibility index (Phi) is 16.8. The second-order valence-corrected chi connectivity index (χ2v) is 11.7. The molecule has 6 nitrogen and oxygen atoms in total. The Hall–Kier alpha value is -3.55. The summed E-state index contributed by atoms with van der Waals surface area (Å²) < 4.78 is 1.28. The molecule has 2 fully saturated rings. The molecule has 1 N–H and O–H groups in total. The Balaban J connectivity index is 0.000000186. The van der Waals surface area contributed by atoms with Gasteiger partial charge in [-0.1, -0.05) is 79.6 Å². The van der Waals surface area contributed by atoms with Crippen molar-refractivity contribution in [3.63, 3.8) is 0 Å². The van der Waals surface area contributed by atoms with E-state index in [1.165, 1.54) is 49.9 Å². The number of nitrogens with zero attached hydrogens (tertiary/aromatic N) is 3. The number of carboxylic acids is 1. The van der Waals surface area contributed by atoms with Crippen molar-refractivity contribution in [1.82, 2.24) is 14.8 Å². The van der Waals surface area contributed by atoms with Gasteiger partial charge in [-0.3, -0.25) is 4.79 Å². The molecule has 42 heavy (non-hydrogen) atoms. The molecule has 0 saturated carbocycles. The zero-order chi connectivity index (χ0) is 30.6. The van der Waals surface area contributed by atoms with Crippen LogP contribution in [0.2, 0.25) is 0 Å². The molecule has 4 aromatic rings. The fraction of sp³-hybridized carbons (Fsp3) is 0.400. The van der Waals surface area contributed by atoms with Crippen molar-refractivity contribution in [2.75, 3.05) is 33.7 Å². The third-order valence-electron chi connectivity index (χ3n) is 6.83. The van der Waals surface area contributed by atoms with Crippen LogP contribution in [0.1, 0.15) is 65.9 Å². The predicted octanol–water partition coefficient (Wildman–Crippen LogP) is 8.11. The monoisotopic (exact) mass is 589 g/mol. The van der Waals surface area contributed by atoms with Crippen molar-refractivity contribution in [3.8, 4) is 0 Å². The summed E-state index contributed by atoms with van der Waals surface area (Å²) in [4.78, 5) is 29.9. The molecule has 0 atom stereocenters. The second kappa shape index (κ2) is 20.3. The van der Waals surface area contributed by atoms with Gasteiger partial charge in [-0.05, 0) is 83.4 Å². The molecule has 0 unspecified atom stereocenters. The molecular weight excluding hydrogens is 542 g/mol. The number of aromatic nitrogens is 1. The van der Waals surface area contributed by atoms with E-state index in [0.717, 1.165) is 35.5 Å². The van der Waals surface area contributed by atoms with Crippen molar-refractivity contribution in [2.24, 2.45) is 0 Å². The lowest BCUT2D eigenvalue weighted by Crippen LogP contribution is -2.25. The number of piperidine rings is 1. The second-order valence-electron chi connectivity index (χ2n) is 10.5. The zero-order valence-electron chi connectivity index (χ0n) is 25.7. The van der Waals surface area contributed by atoms with Gasteiger partial charge in [0, 0.05) is 20.0 Å². The van der Waals surface area contributed by atoms with Gasteiger partial charge in [-0.25, -0.2) is 9.78 Å². The van der Waals surface area contributed by atoms with Crippen LogP contribution >= 0.6 is 11.3 Å². The predicted molar refractivity (Wildman–Crippen MR) is 176 cm³/mol. The highest BCUT2D eigenvalue weighted by Crippen LogP contribution is 2.20. The van der Waals surface area contributed by atoms with E-state index in [-0.39, 0.29) is 0 Å². The molecule has 226 valence electrons. The first-order valence-corrected chi connectivity index (χ1v) is 15.6. The summed E-state index contributed by atoms with van der Waals surface area (Å²) in [5.41, 5.74) is 2.29. The smallest absolute Gasteiger partial charge is 0.335 e. The van der Waals surface area contributed by atoms with Crippen LogP contribution in [0.5, 0.6) is 0 Å². The minimum atomic E-state index is -0.863. The van der Waals surface area contributed by atoms with Gasteiger partial charge in [-0.2, -0.15) is 0 Å². The molecule has 6 rings (SSSR count). The van der Waals surface area contributed by atoms with Crippen molar-refractivity contribution in [3.05, 3.63) is 101 Å². The molecule has 2 aliphatic rings. The lowest BCUT2D eigenvalue weighted by molar-refractivity contribution is -0.129. The number of carboxylic acid groups (broad SMARTS) is 1. The van der Waals surface area contributed by atoms with E-state index >= 15 is 0 Å². The van der Waals surface area contributed by atoms with E-state index in [1.54, 1.807) is 36.5 Å². The number of hydrogen-bond donors (Lipinski definition) is 1. The van der Waals surface area contributed by atoms with E-state index in [2.05, 4.69) is 23.0 Å². The van der Waals surface area contributed by atoms with Gasteiger partial charge in [0.25, 0.3) is 0 Å². The van der Waals surface area contributed by atoms with Gasteiger partial charge in [0.2, 0.25) is 5.91 Å². The van der Waals surface area contributed by atoms with E-state index in [1.807, 2.05) is 79.5 Å². The van der Waals surface area contributed by atoms with Gasteiger partial charge in [0.15, 0.2) is 0 Å². The minimum Gasteiger partial charge on any atom is -0.478 e. The van der Waals surface area contributed by atoms with Gasteiger partial charge in [-0.15, -0.1) is 11.3 Å². The third-order valence-corrected chi connectivity index (χ3v) is 7.78. The molecule has 2 aliphatic heterocycles. The number of aromatic carboxylic acids is 1. The summed E-state index contributed by atoms with van der Waals surface area (Å²) in [6.45, 7) is 7.41. The van der Waals surface area contributed by atoms with Gasteiger partial charge >= 0.3 is 5.97 Å². The van der Waals surface area contributed by atoms with E-state index in [0.29, 0.717) is 11.5 Å². The number of likely N-dealkylation sites (tertiary alicyclic amines) is 2. The number of thiazole rings is 1. The minimum absolute atomic E-state index is 0.313. The maximum atomic E-state index is 10.9. The summed E-state index contributed by atoms with van der Waals surface area (Å²) in [6, 6.07) is 27.1. The summed E-state index contributed by atoms with van der Waals surface area (Å²) >= 11 is 1.74. The van der Waals surface area contributed by atoms with Crippen LogP contribution in [-0.2, 0) is 4.79 Å². The molecule has 2 saturated heterocycles. The van der Waals surface area contributed by atoms with E-state index < -0.39 is 5.97 Å². The van der Waals surface area contributed by atoms with Gasteiger partial charge in [0.1, 0.15) is 0 Å². The number of para-hydroxylation sites is 1. The fourth-order valence-corrected chi connectivity index (χ4v) is 5.18. The SMILES string of the molecule is CN1CCCCC1.CN1CCCCCC1=O.Cc1ccccc1C(=O)O.Cc1nc2ccccc2s1.c1ccccc1. The van der Waals surface area contributed by atoms with Crippen molar-refractivity contribution < 1.29 is 14.7 Å². The molecule has 3 heterocycles. The van der Waals surface area contributed by atoms with Crippen molar-refractivity contribution >= 4 is 33.4 Å². The van der Waals surface area contributed by atoms with Crippen molar-refractivity contribution in [2.45, 2.75) is 58.8 Å². The molecular formula is C35H47N3O3S. The molecule has 7 heteroatoms. The number of benzene rings is 3. The first-order valence-electron chi connectivity index (χ1n) is 14.8. The summed E-state index contributed by atoms with van der Waals surface area (Å²) in [5.74, 6) is -0.550. The highest BCUT2D eigenvalue weighted by Gasteiger charge is 2.10. The third kappa shape index (κ3) is 14.4. The standard InChI is InChI=1S/C8H7NS.C8H8O2.C7H13NO.C6H13N.C6H6/c1-6-9-7-4-2-3-5-8(7)10-6;1-6-4-2-3-5-7(6)8(9)10;1-8-6-4-2-3-5-7(8)9;1-7-5-3-2-4-6-7;1-2-4-6-5-3-1/h2-5H,1H3;2-5H,1H3,(H,9,10);2-6H2,1H3;2-6H2,1H3;1-6H. The average molecular weight is 590 g/mol. The quantitative estimate of drug-likeness (QED) is 0.243. The molecule has 1 amide bonds. The van der Waals surface area contributed by atoms with Crippen LogP contribution in [0.4, 0.5) is 0 Å². The molecule has 0 radical (unpaired) electrons. The Morgan fingerprint density at radius 1 is 0.738 bits per heavy atom. The van der Waals surface area contributed by atoms with Crippen LogP contribution in [-0.4, -0.2) is 65.5 Å². The number of aryl methyl sites for hydroxylation is 2. The van der Waals surface area contributed by atoms with Gasteiger partial charge < -0.3 is 14.9 Å². The molecule has 0 bridgehead atoms. The van der Waals surface area contributed by atoms with Crippen LogP contribution < -0.4 is 0 Å². The topological polar surface area (TPSA) is 73.7 Å². The van der Waals surface area contributed by atoms with Gasteiger partial charge in [0.05, 0.1) is 20.8 Å². The summed E-state index contributed by atoms with van der Waals surface area (Å²) in [5, 5.41) is 9.71. The number of hydrogen-bond acceptors (Lipinski definition) is 5. The largest absolute Gasteiger partial charge is 0.478 e. The fourth-order valence-electron chi connectivity index (χ4n) is 4.35. The molecule has 0 spiro atoms. The number of rotatable bonds is 1. The van der Waals surface area contributed by atoms with Crippen molar-refractivity contribution in [1.29, 1.82) is 0 Å².